The molecule has 5 heteroatoms. The van der Waals surface area contributed by atoms with Gasteiger partial charge in [0.15, 0.2) is 0 Å². The average Bonchev–Trinajstić information content (AvgIpc) is 2.80. The first kappa shape index (κ1) is 12.7. The Kier molecular flexibility index (Phi) is 3.89. The molecule has 1 aliphatic heterocycles. The summed E-state index contributed by atoms with van der Waals surface area (Å²) in [5.41, 5.74) is 0.553. The Bertz CT molecular complexity index is 498. The lowest BCUT2D eigenvalue weighted by atomic mass is 10.2. The quantitative estimate of drug-likeness (QED) is 0.723. The number of benzene rings is 1. The van der Waals surface area contributed by atoms with E-state index in [1.165, 1.54) is 0 Å². The monoisotopic (exact) mass is 360 g/mol. The number of hydrogen-bond acceptors (Lipinski definition) is 2. The van der Waals surface area contributed by atoms with Crippen LogP contribution in [0.1, 0.15) is 23.2 Å². The van der Waals surface area contributed by atoms with Gasteiger partial charge in [0.1, 0.15) is 6.04 Å². The third kappa shape index (κ3) is 2.55. The largest absolute Gasteiger partial charge is 0.323 e. The van der Waals surface area contributed by atoms with Crippen molar-refractivity contribution in [3.8, 4) is 6.07 Å². The fourth-order valence-corrected chi connectivity index (χ4v) is 2.46. The number of nitriles is 1. The van der Waals surface area contributed by atoms with Crippen molar-refractivity contribution in [2.75, 3.05) is 6.54 Å². The van der Waals surface area contributed by atoms with Crippen LogP contribution in [0.2, 0.25) is 5.02 Å². The molecule has 1 aliphatic rings. The normalized spacial score (nSPS) is 19.1. The van der Waals surface area contributed by atoms with Gasteiger partial charge < -0.3 is 4.90 Å². The number of hydrogen-bond donors (Lipinski definition) is 0. The average molecular weight is 361 g/mol. The summed E-state index contributed by atoms with van der Waals surface area (Å²) in [6.45, 7) is 0.653. The van der Waals surface area contributed by atoms with E-state index < -0.39 is 0 Å². The van der Waals surface area contributed by atoms with E-state index in [4.69, 9.17) is 16.9 Å². The van der Waals surface area contributed by atoms with Crippen LogP contribution in [0.4, 0.5) is 0 Å². The van der Waals surface area contributed by atoms with E-state index in [0.29, 0.717) is 17.1 Å². The number of halogens is 2. The third-order valence-corrected chi connectivity index (χ3v) is 4.40. The number of amides is 1. The minimum Gasteiger partial charge on any atom is -0.323 e. The molecule has 1 aromatic rings. The van der Waals surface area contributed by atoms with Crippen molar-refractivity contribution in [2.24, 2.45) is 0 Å². The van der Waals surface area contributed by atoms with Crippen LogP contribution in [-0.4, -0.2) is 23.4 Å². The summed E-state index contributed by atoms with van der Waals surface area (Å²) in [5.74, 6) is -0.104. The first-order valence-corrected chi connectivity index (χ1v) is 6.75. The van der Waals surface area contributed by atoms with Crippen LogP contribution in [0.25, 0.3) is 0 Å². The minimum absolute atomic E-state index is 0.104. The smallest absolute Gasteiger partial charge is 0.254 e. The lowest BCUT2D eigenvalue weighted by Crippen LogP contribution is -2.34. The first-order chi connectivity index (χ1) is 8.13. The molecule has 0 spiro atoms. The zero-order valence-electron chi connectivity index (χ0n) is 8.99. The lowest BCUT2D eigenvalue weighted by molar-refractivity contribution is 0.0765. The minimum atomic E-state index is -0.291. The third-order valence-electron chi connectivity index (χ3n) is 2.83. The summed E-state index contributed by atoms with van der Waals surface area (Å²) in [7, 11) is 0. The Hall–Kier alpha value is -0.800. The van der Waals surface area contributed by atoms with E-state index in [2.05, 4.69) is 28.7 Å². The lowest BCUT2D eigenvalue weighted by Gasteiger charge is -2.19. The van der Waals surface area contributed by atoms with Crippen LogP contribution in [0.5, 0.6) is 0 Å². The highest BCUT2D eigenvalue weighted by Crippen LogP contribution is 2.23. The van der Waals surface area contributed by atoms with Crippen LogP contribution in [0.3, 0.4) is 0 Å². The van der Waals surface area contributed by atoms with E-state index in [1.807, 2.05) is 6.07 Å². The van der Waals surface area contributed by atoms with E-state index in [1.54, 1.807) is 17.0 Å². The Morgan fingerprint density at radius 2 is 2.35 bits per heavy atom. The molecule has 0 saturated carbocycles. The molecular formula is C12H10ClIN2O. The number of carbonyl (C=O) groups excluding carboxylic acids is 1. The Balaban J connectivity index is 2.25. The van der Waals surface area contributed by atoms with Gasteiger partial charge in [0, 0.05) is 15.7 Å². The molecule has 1 atom stereocenters. The fourth-order valence-electron chi connectivity index (χ4n) is 1.94. The van der Waals surface area contributed by atoms with Crippen LogP contribution in [0, 0.1) is 14.9 Å². The summed E-state index contributed by atoms with van der Waals surface area (Å²) < 4.78 is 0.916. The molecule has 1 aromatic carbocycles. The standard InChI is InChI=1S/C12H10ClIN2O/c13-10-6-8(3-4-11(10)14)12(17)16-5-1-2-9(16)7-15/h3-4,6,9H,1-2,5H2. The maximum atomic E-state index is 12.2. The number of rotatable bonds is 1. The van der Waals surface area contributed by atoms with Gasteiger partial charge in [0.2, 0.25) is 0 Å². The zero-order valence-corrected chi connectivity index (χ0v) is 11.9. The van der Waals surface area contributed by atoms with Gasteiger partial charge in [-0.05, 0) is 53.6 Å². The van der Waals surface area contributed by atoms with Crippen molar-refractivity contribution in [1.29, 1.82) is 5.26 Å². The molecule has 1 amide bonds. The predicted molar refractivity (Wildman–Crippen MR) is 73.8 cm³/mol. The molecule has 1 heterocycles. The van der Waals surface area contributed by atoms with Crippen LogP contribution >= 0.6 is 34.2 Å². The van der Waals surface area contributed by atoms with Gasteiger partial charge in [-0.25, -0.2) is 0 Å². The first-order valence-electron chi connectivity index (χ1n) is 5.29. The molecule has 2 rings (SSSR count). The Morgan fingerprint density at radius 1 is 1.59 bits per heavy atom. The van der Waals surface area contributed by atoms with Crippen LogP contribution in [0.15, 0.2) is 18.2 Å². The van der Waals surface area contributed by atoms with Gasteiger partial charge in [-0.1, -0.05) is 11.6 Å². The molecule has 0 aromatic heterocycles. The molecule has 0 aliphatic carbocycles. The van der Waals surface area contributed by atoms with E-state index in [9.17, 15) is 4.79 Å². The van der Waals surface area contributed by atoms with E-state index >= 15 is 0 Å². The molecule has 1 unspecified atom stereocenters. The highest BCUT2D eigenvalue weighted by molar-refractivity contribution is 14.1. The number of carbonyl (C=O) groups is 1. The van der Waals surface area contributed by atoms with Crippen molar-refractivity contribution in [3.05, 3.63) is 32.4 Å². The van der Waals surface area contributed by atoms with Gasteiger partial charge in [0.25, 0.3) is 5.91 Å². The van der Waals surface area contributed by atoms with E-state index in [0.717, 1.165) is 16.4 Å². The Morgan fingerprint density at radius 3 is 3.00 bits per heavy atom. The fraction of sp³-hybridized carbons (Fsp3) is 0.333. The predicted octanol–water partition coefficient (Wildman–Crippen LogP) is 3.07. The molecule has 0 bridgehead atoms. The summed E-state index contributed by atoms with van der Waals surface area (Å²) in [6.07, 6.45) is 1.66. The van der Waals surface area contributed by atoms with Gasteiger partial charge in [-0.15, -0.1) is 0 Å². The Labute approximate surface area is 118 Å². The van der Waals surface area contributed by atoms with Gasteiger partial charge in [-0.2, -0.15) is 5.26 Å². The molecule has 1 fully saturated rings. The summed E-state index contributed by atoms with van der Waals surface area (Å²) in [4.78, 5) is 13.8. The maximum Gasteiger partial charge on any atom is 0.254 e. The second-order valence-corrected chi connectivity index (χ2v) is 5.48. The second kappa shape index (κ2) is 5.23. The van der Waals surface area contributed by atoms with Crippen LogP contribution < -0.4 is 0 Å². The van der Waals surface area contributed by atoms with Crippen molar-refractivity contribution in [3.63, 3.8) is 0 Å². The molecule has 0 N–H and O–H groups in total. The summed E-state index contributed by atoms with van der Waals surface area (Å²) in [6, 6.07) is 7.10. The number of nitrogens with zero attached hydrogens (tertiary/aromatic N) is 2. The second-order valence-electron chi connectivity index (χ2n) is 3.91. The molecule has 17 heavy (non-hydrogen) atoms. The van der Waals surface area contributed by atoms with Crippen molar-refractivity contribution in [2.45, 2.75) is 18.9 Å². The van der Waals surface area contributed by atoms with Crippen molar-refractivity contribution in [1.82, 2.24) is 4.90 Å². The maximum absolute atomic E-state index is 12.2. The van der Waals surface area contributed by atoms with Crippen molar-refractivity contribution < 1.29 is 4.79 Å². The number of likely N-dealkylation sites (tertiary alicyclic amines) is 1. The molecular weight excluding hydrogens is 351 g/mol. The highest BCUT2D eigenvalue weighted by Gasteiger charge is 2.29. The summed E-state index contributed by atoms with van der Waals surface area (Å²) >= 11 is 8.11. The highest BCUT2D eigenvalue weighted by atomic mass is 127. The SMILES string of the molecule is N#CC1CCCN1C(=O)c1ccc(I)c(Cl)c1. The van der Waals surface area contributed by atoms with Gasteiger partial charge in [0.05, 0.1) is 11.1 Å². The van der Waals surface area contributed by atoms with Gasteiger partial charge >= 0.3 is 0 Å². The van der Waals surface area contributed by atoms with Crippen molar-refractivity contribution >= 4 is 40.1 Å². The molecule has 3 nitrogen and oxygen atoms in total. The molecule has 0 radical (unpaired) electrons. The molecule has 88 valence electrons. The van der Waals surface area contributed by atoms with Gasteiger partial charge in [-0.3, -0.25) is 4.79 Å². The van der Waals surface area contributed by atoms with Crippen LogP contribution in [-0.2, 0) is 0 Å². The topological polar surface area (TPSA) is 44.1 Å². The van der Waals surface area contributed by atoms with E-state index in [-0.39, 0.29) is 11.9 Å². The molecule has 1 saturated heterocycles. The summed E-state index contributed by atoms with van der Waals surface area (Å²) in [5, 5.41) is 9.53. The zero-order chi connectivity index (χ0) is 12.4.